The summed E-state index contributed by atoms with van der Waals surface area (Å²) in [5.74, 6) is 0.771. The standard InChI is InChI=1S/C20H30ClN5O/c1-14(11-19-15(2)25-26(5)16(19)3)24-20(22-4)23-9-10-27-13-17-7-6-8-18(21)12-17/h6-8,12,14H,9-11,13H2,1-5H3,(H2,22,23,24). The van der Waals surface area contributed by atoms with Crippen molar-refractivity contribution in [2.45, 2.75) is 39.8 Å². The maximum Gasteiger partial charge on any atom is 0.191 e. The number of nitrogens with one attached hydrogen (secondary N) is 2. The monoisotopic (exact) mass is 391 g/mol. The Morgan fingerprint density at radius 1 is 1.37 bits per heavy atom. The molecule has 0 spiro atoms. The molecule has 0 aliphatic heterocycles. The highest BCUT2D eigenvalue weighted by atomic mass is 35.5. The summed E-state index contributed by atoms with van der Waals surface area (Å²) >= 11 is 5.98. The van der Waals surface area contributed by atoms with E-state index in [1.54, 1.807) is 7.05 Å². The average Bonchev–Trinajstić information content (AvgIpc) is 2.86. The molecule has 1 unspecified atom stereocenters. The van der Waals surface area contributed by atoms with Gasteiger partial charge in [0.15, 0.2) is 5.96 Å². The maximum absolute atomic E-state index is 5.98. The van der Waals surface area contributed by atoms with Crippen LogP contribution in [-0.2, 0) is 24.8 Å². The third kappa shape index (κ3) is 6.56. The molecule has 1 aromatic carbocycles. The van der Waals surface area contributed by atoms with Crippen LogP contribution >= 0.6 is 11.6 Å². The van der Waals surface area contributed by atoms with Gasteiger partial charge in [-0.2, -0.15) is 5.10 Å². The van der Waals surface area contributed by atoms with Crippen LogP contribution in [0.1, 0.15) is 29.4 Å². The molecular weight excluding hydrogens is 362 g/mol. The lowest BCUT2D eigenvalue weighted by atomic mass is 10.1. The Kier molecular flexibility index (Phi) is 8.13. The fourth-order valence-electron chi connectivity index (χ4n) is 2.96. The van der Waals surface area contributed by atoms with E-state index in [0.29, 0.717) is 19.8 Å². The van der Waals surface area contributed by atoms with Gasteiger partial charge in [-0.3, -0.25) is 9.67 Å². The minimum atomic E-state index is 0.241. The highest BCUT2D eigenvalue weighted by Crippen LogP contribution is 2.14. The summed E-state index contributed by atoms with van der Waals surface area (Å²) in [4.78, 5) is 4.29. The highest BCUT2D eigenvalue weighted by molar-refractivity contribution is 6.30. The van der Waals surface area contributed by atoms with Crippen LogP contribution in [0.3, 0.4) is 0 Å². The summed E-state index contributed by atoms with van der Waals surface area (Å²) in [5, 5.41) is 11.9. The van der Waals surface area contributed by atoms with E-state index in [0.717, 1.165) is 28.7 Å². The second kappa shape index (κ2) is 10.3. The molecule has 1 aromatic heterocycles. The molecule has 0 saturated carbocycles. The second-order valence-electron chi connectivity index (χ2n) is 6.70. The number of ether oxygens (including phenoxy) is 1. The zero-order valence-electron chi connectivity index (χ0n) is 16.8. The quantitative estimate of drug-likeness (QED) is 0.412. The second-order valence-corrected chi connectivity index (χ2v) is 7.14. The van der Waals surface area contributed by atoms with Crippen LogP contribution in [-0.4, -0.2) is 42.0 Å². The van der Waals surface area contributed by atoms with Crippen molar-refractivity contribution in [2.75, 3.05) is 20.2 Å². The fraction of sp³-hybridized carbons (Fsp3) is 0.500. The van der Waals surface area contributed by atoms with Gasteiger partial charge in [0, 0.05) is 37.4 Å². The van der Waals surface area contributed by atoms with Crippen molar-refractivity contribution in [3.8, 4) is 0 Å². The average molecular weight is 392 g/mol. The Morgan fingerprint density at radius 2 is 2.15 bits per heavy atom. The van der Waals surface area contributed by atoms with E-state index < -0.39 is 0 Å². The SMILES string of the molecule is CN=C(NCCOCc1cccc(Cl)c1)NC(C)Cc1c(C)nn(C)c1C. The molecule has 0 saturated heterocycles. The molecule has 0 aliphatic carbocycles. The molecular formula is C20H30ClN5O. The summed E-state index contributed by atoms with van der Waals surface area (Å²) in [5.41, 5.74) is 4.65. The van der Waals surface area contributed by atoms with Gasteiger partial charge in [-0.05, 0) is 50.5 Å². The lowest BCUT2D eigenvalue weighted by molar-refractivity contribution is 0.125. The highest BCUT2D eigenvalue weighted by Gasteiger charge is 2.13. The minimum Gasteiger partial charge on any atom is -0.375 e. The first-order chi connectivity index (χ1) is 12.9. The summed E-state index contributed by atoms with van der Waals surface area (Å²) in [6, 6.07) is 7.95. The van der Waals surface area contributed by atoms with Crippen LogP contribution in [0.2, 0.25) is 5.02 Å². The van der Waals surface area contributed by atoms with Gasteiger partial charge in [0.1, 0.15) is 0 Å². The first-order valence-electron chi connectivity index (χ1n) is 9.19. The van der Waals surface area contributed by atoms with E-state index in [1.807, 2.05) is 36.0 Å². The number of hydrogen-bond donors (Lipinski definition) is 2. The molecule has 0 amide bonds. The van der Waals surface area contributed by atoms with E-state index in [-0.39, 0.29) is 6.04 Å². The van der Waals surface area contributed by atoms with Gasteiger partial charge in [-0.1, -0.05) is 23.7 Å². The number of aryl methyl sites for hydroxylation is 2. The van der Waals surface area contributed by atoms with Crippen molar-refractivity contribution < 1.29 is 4.74 Å². The van der Waals surface area contributed by atoms with Crippen molar-refractivity contribution >= 4 is 17.6 Å². The van der Waals surface area contributed by atoms with Crippen LogP contribution in [0, 0.1) is 13.8 Å². The molecule has 1 atom stereocenters. The Labute approximate surface area is 167 Å². The van der Waals surface area contributed by atoms with Crippen LogP contribution in [0.25, 0.3) is 0 Å². The van der Waals surface area contributed by atoms with Crippen molar-refractivity contribution in [2.24, 2.45) is 12.0 Å². The third-order valence-electron chi connectivity index (χ3n) is 4.47. The van der Waals surface area contributed by atoms with Gasteiger partial charge in [-0.15, -0.1) is 0 Å². The Balaban J connectivity index is 1.72. The number of nitrogens with zero attached hydrogens (tertiary/aromatic N) is 3. The molecule has 6 nitrogen and oxygen atoms in total. The predicted molar refractivity (Wildman–Crippen MR) is 111 cm³/mol. The van der Waals surface area contributed by atoms with E-state index >= 15 is 0 Å². The topological polar surface area (TPSA) is 63.5 Å². The van der Waals surface area contributed by atoms with Crippen molar-refractivity contribution in [1.29, 1.82) is 0 Å². The molecule has 0 aliphatic rings. The zero-order chi connectivity index (χ0) is 19.8. The minimum absolute atomic E-state index is 0.241. The molecule has 1 heterocycles. The normalized spacial score (nSPS) is 12.9. The third-order valence-corrected chi connectivity index (χ3v) is 4.71. The van der Waals surface area contributed by atoms with E-state index in [1.165, 1.54) is 11.3 Å². The number of aromatic nitrogens is 2. The number of rotatable bonds is 8. The summed E-state index contributed by atoms with van der Waals surface area (Å²) in [6.45, 7) is 8.12. The number of guanidine groups is 1. The number of aliphatic imine (C=N–C) groups is 1. The van der Waals surface area contributed by atoms with Gasteiger partial charge >= 0.3 is 0 Å². The number of hydrogen-bond acceptors (Lipinski definition) is 3. The van der Waals surface area contributed by atoms with Gasteiger partial charge in [0.25, 0.3) is 0 Å². The zero-order valence-corrected chi connectivity index (χ0v) is 17.6. The van der Waals surface area contributed by atoms with Crippen LogP contribution in [0.4, 0.5) is 0 Å². The molecule has 0 bridgehead atoms. The van der Waals surface area contributed by atoms with E-state index in [9.17, 15) is 0 Å². The molecule has 2 rings (SSSR count). The molecule has 148 valence electrons. The first-order valence-corrected chi connectivity index (χ1v) is 9.57. The molecule has 27 heavy (non-hydrogen) atoms. The van der Waals surface area contributed by atoms with Crippen molar-refractivity contribution in [3.05, 3.63) is 51.8 Å². The summed E-state index contributed by atoms with van der Waals surface area (Å²) in [7, 11) is 3.75. The smallest absolute Gasteiger partial charge is 0.191 e. The Bertz CT molecular complexity index is 772. The van der Waals surface area contributed by atoms with Crippen molar-refractivity contribution in [1.82, 2.24) is 20.4 Å². The maximum atomic E-state index is 5.98. The summed E-state index contributed by atoms with van der Waals surface area (Å²) in [6.07, 6.45) is 0.900. The van der Waals surface area contributed by atoms with Crippen LogP contribution < -0.4 is 10.6 Å². The van der Waals surface area contributed by atoms with Crippen molar-refractivity contribution in [3.63, 3.8) is 0 Å². The molecule has 2 aromatic rings. The van der Waals surface area contributed by atoms with E-state index in [4.69, 9.17) is 16.3 Å². The summed E-state index contributed by atoms with van der Waals surface area (Å²) < 4.78 is 7.62. The Morgan fingerprint density at radius 3 is 2.78 bits per heavy atom. The molecule has 0 fully saturated rings. The number of halogens is 1. The Hall–Kier alpha value is -2.05. The number of benzene rings is 1. The fourth-order valence-corrected chi connectivity index (χ4v) is 3.17. The van der Waals surface area contributed by atoms with Gasteiger partial charge in [0.05, 0.1) is 18.9 Å². The molecule has 0 radical (unpaired) electrons. The van der Waals surface area contributed by atoms with Crippen LogP contribution in [0.5, 0.6) is 0 Å². The lowest BCUT2D eigenvalue weighted by Crippen LogP contribution is -2.44. The largest absolute Gasteiger partial charge is 0.375 e. The van der Waals surface area contributed by atoms with Gasteiger partial charge in [0.2, 0.25) is 0 Å². The van der Waals surface area contributed by atoms with Gasteiger partial charge < -0.3 is 15.4 Å². The predicted octanol–water partition coefficient (Wildman–Crippen LogP) is 3.00. The molecule has 2 N–H and O–H groups in total. The lowest BCUT2D eigenvalue weighted by Gasteiger charge is -2.18. The van der Waals surface area contributed by atoms with Gasteiger partial charge in [-0.25, -0.2) is 0 Å². The first kappa shape index (κ1) is 21.3. The van der Waals surface area contributed by atoms with Crippen LogP contribution in [0.15, 0.2) is 29.3 Å². The molecule has 7 heteroatoms. The van der Waals surface area contributed by atoms with E-state index in [2.05, 4.69) is 41.5 Å².